The Bertz CT molecular complexity index is 460. The van der Waals surface area contributed by atoms with Gasteiger partial charge < -0.3 is 10.8 Å². The van der Waals surface area contributed by atoms with Crippen LogP contribution in [0.4, 0.5) is 5.69 Å². The molecule has 0 aliphatic carbocycles. The van der Waals surface area contributed by atoms with Crippen molar-refractivity contribution in [1.29, 1.82) is 0 Å². The topological polar surface area (TPSA) is 92.4 Å². The van der Waals surface area contributed by atoms with Crippen LogP contribution in [0.1, 0.15) is 19.4 Å². The van der Waals surface area contributed by atoms with E-state index in [-0.39, 0.29) is 12.3 Å². The highest BCUT2D eigenvalue weighted by molar-refractivity contribution is 7.88. The van der Waals surface area contributed by atoms with Crippen LogP contribution in [0.25, 0.3) is 0 Å². The van der Waals surface area contributed by atoms with Gasteiger partial charge in [0.2, 0.25) is 10.0 Å². The number of hydrogen-bond donors (Lipinski definition) is 3. The van der Waals surface area contributed by atoms with Crippen molar-refractivity contribution < 1.29 is 13.5 Å². The lowest BCUT2D eigenvalue weighted by atomic mass is 10.1. The third-order valence-electron chi connectivity index (χ3n) is 2.06. The average Bonchev–Trinajstić information content (AvgIpc) is 2.18. The first-order valence-electron chi connectivity index (χ1n) is 5.22. The minimum atomic E-state index is -3.43. The van der Waals surface area contributed by atoms with Crippen molar-refractivity contribution in [1.82, 2.24) is 4.72 Å². The summed E-state index contributed by atoms with van der Waals surface area (Å²) in [6, 6.07) is 6.64. The Morgan fingerprint density at radius 3 is 2.29 bits per heavy atom. The molecule has 0 atom stereocenters. The number of benzene rings is 1. The summed E-state index contributed by atoms with van der Waals surface area (Å²) >= 11 is 0. The summed E-state index contributed by atoms with van der Waals surface area (Å²) in [5, 5.41) is 9.44. The van der Waals surface area contributed by atoms with Gasteiger partial charge in [-0.2, -0.15) is 0 Å². The summed E-state index contributed by atoms with van der Waals surface area (Å²) in [6.07, 6.45) is 0. The van der Waals surface area contributed by atoms with Crippen molar-refractivity contribution >= 4 is 15.7 Å². The Morgan fingerprint density at radius 2 is 1.82 bits per heavy atom. The van der Waals surface area contributed by atoms with Gasteiger partial charge in [-0.3, -0.25) is 0 Å². The van der Waals surface area contributed by atoms with Crippen LogP contribution in [-0.2, 0) is 15.8 Å². The molecule has 0 fully saturated rings. The molecular formula is C11H18N2O3S. The van der Waals surface area contributed by atoms with E-state index in [2.05, 4.69) is 4.72 Å². The Hall–Kier alpha value is -1.11. The molecule has 0 unspecified atom stereocenters. The van der Waals surface area contributed by atoms with E-state index in [0.29, 0.717) is 11.3 Å². The molecule has 0 aliphatic rings. The number of hydrogen-bond acceptors (Lipinski definition) is 4. The molecule has 0 saturated carbocycles. The Labute approximate surface area is 102 Å². The van der Waals surface area contributed by atoms with Gasteiger partial charge in [0.15, 0.2) is 0 Å². The van der Waals surface area contributed by atoms with Gasteiger partial charge in [-0.25, -0.2) is 13.1 Å². The molecule has 1 aromatic rings. The number of nitrogens with one attached hydrogen (secondary N) is 1. The van der Waals surface area contributed by atoms with Crippen LogP contribution in [0.5, 0.6) is 0 Å². The molecule has 17 heavy (non-hydrogen) atoms. The van der Waals surface area contributed by atoms with Gasteiger partial charge in [0, 0.05) is 12.2 Å². The van der Waals surface area contributed by atoms with E-state index in [1.807, 2.05) is 0 Å². The number of nitrogen functional groups attached to an aromatic ring is 1. The molecule has 0 radical (unpaired) electrons. The zero-order valence-electron chi connectivity index (χ0n) is 9.97. The summed E-state index contributed by atoms with van der Waals surface area (Å²) in [5.74, 6) is -0.122. The van der Waals surface area contributed by atoms with Crippen LogP contribution in [0.3, 0.4) is 0 Å². The highest BCUT2D eigenvalue weighted by Crippen LogP contribution is 2.09. The van der Waals surface area contributed by atoms with E-state index in [1.54, 1.807) is 38.1 Å². The smallest absolute Gasteiger partial charge is 0.215 e. The molecule has 0 bridgehead atoms. The molecule has 6 heteroatoms. The normalized spacial score (nSPS) is 12.6. The maximum atomic E-state index is 11.7. The number of rotatable bonds is 5. The first-order valence-corrected chi connectivity index (χ1v) is 6.87. The summed E-state index contributed by atoms with van der Waals surface area (Å²) in [6.45, 7) is 3.07. The van der Waals surface area contributed by atoms with Gasteiger partial charge in [-0.15, -0.1) is 0 Å². The molecule has 0 aromatic heterocycles. The highest BCUT2D eigenvalue weighted by atomic mass is 32.2. The lowest BCUT2D eigenvalue weighted by Crippen LogP contribution is -2.38. The van der Waals surface area contributed by atoms with Gasteiger partial charge in [0.1, 0.15) is 0 Å². The third-order valence-corrected chi connectivity index (χ3v) is 3.36. The Morgan fingerprint density at radius 1 is 1.29 bits per heavy atom. The van der Waals surface area contributed by atoms with E-state index in [1.165, 1.54) is 0 Å². The van der Waals surface area contributed by atoms with Crippen LogP contribution in [0.2, 0.25) is 0 Å². The van der Waals surface area contributed by atoms with Gasteiger partial charge in [0.05, 0.1) is 11.4 Å². The second kappa shape index (κ2) is 5.03. The van der Waals surface area contributed by atoms with Gasteiger partial charge in [-0.1, -0.05) is 12.1 Å². The lowest BCUT2D eigenvalue weighted by Gasteiger charge is -2.17. The third kappa shape index (κ3) is 5.67. The molecule has 5 nitrogen and oxygen atoms in total. The summed E-state index contributed by atoms with van der Waals surface area (Å²) in [7, 11) is -3.43. The van der Waals surface area contributed by atoms with Crippen LogP contribution in [0, 0.1) is 0 Å². The molecule has 0 saturated heterocycles. The van der Waals surface area contributed by atoms with E-state index >= 15 is 0 Å². The zero-order chi connectivity index (χ0) is 13.1. The molecule has 0 aliphatic heterocycles. The first-order chi connectivity index (χ1) is 7.68. The molecule has 1 aromatic carbocycles. The maximum Gasteiger partial charge on any atom is 0.215 e. The van der Waals surface area contributed by atoms with E-state index in [4.69, 9.17) is 5.73 Å². The molecule has 96 valence electrons. The largest absolute Gasteiger partial charge is 0.399 e. The summed E-state index contributed by atoms with van der Waals surface area (Å²) in [4.78, 5) is 0. The van der Waals surface area contributed by atoms with Gasteiger partial charge in [0.25, 0.3) is 0 Å². The van der Waals surface area contributed by atoms with Gasteiger partial charge >= 0.3 is 0 Å². The number of nitrogens with two attached hydrogens (primary N) is 1. The number of aliphatic hydroxyl groups is 1. The first kappa shape index (κ1) is 14.0. The number of anilines is 1. The van der Waals surface area contributed by atoms with Crippen LogP contribution >= 0.6 is 0 Å². The van der Waals surface area contributed by atoms with Crippen molar-refractivity contribution in [3.8, 4) is 0 Å². The predicted octanol–water partition coefficient (Wildman–Crippen LogP) is 0.459. The molecule has 1 rings (SSSR count). The second-order valence-corrected chi connectivity index (χ2v) is 6.44. The minimum absolute atomic E-state index is 0.00962. The zero-order valence-corrected chi connectivity index (χ0v) is 10.8. The molecule has 0 heterocycles. The quantitative estimate of drug-likeness (QED) is 0.669. The van der Waals surface area contributed by atoms with E-state index in [9.17, 15) is 13.5 Å². The van der Waals surface area contributed by atoms with Crippen molar-refractivity contribution in [2.45, 2.75) is 25.2 Å². The van der Waals surface area contributed by atoms with Crippen LogP contribution < -0.4 is 10.5 Å². The van der Waals surface area contributed by atoms with Crippen molar-refractivity contribution in [3.05, 3.63) is 29.8 Å². The maximum absolute atomic E-state index is 11.7. The fraction of sp³-hybridized carbons (Fsp3) is 0.455. The van der Waals surface area contributed by atoms with Crippen molar-refractivity contribution in [2.24, 2.45) is 0 Å². The van der Waals surface area contributed by atoms with Crippen molar-refractivity contribution in [2.75, 3.05) is 12.3 Å². The van der Waals surface area contributed by atoms with Crippen LogP contribution in [0.15, 0.2) is 24.3 Å². The lowest BCUT2D eigenvalue weighted by molar-refractivity contribution is 0.0857. The van der Waals surface area contributed by atoms with E-state index in [0.717, 1.165) is 0 Å². The molecule has 4 N–H and O–H groups in total. The average molecular weight is 258 g/mol. The summed E-state index contributed by atoms with van der Waals surface area (Å²) < 4.78 is 25.7. The Kier molecular flexibility index (Phi) is 4.13. The SMILES string of the molecule is CC(C)(O)CNS(=O)(=O)Cc1ccc(N)cc1. The minimum Gasteiger partial charge on any atom is -0.399 e. The molecule has 0 amide bonds. The Balaban J connectivity index is 2.64. The van der Waals surface area contributed by atoms with Gasteiger partial charge in [-0.05, 0) is 31.5 Å². The monoisotopic (exact) mass is 258 g/mol. The molecular weight excluding hydrogens is 240 g/mol. The predicted molar refractivity (Wildman–Crippen MR) is 67.8 cm³/mol. The number of sulfonamides is 1. The van der Waals surface area contributed by atoms with Crippen molar-refractivity contribution in [3.63, 3.8) is 0 Å². The second-order valence-electron chi connectivity index (χ2n) is 4.63. The summed E-state index contributed by atoms with van der Waals surface area (Å²) in [5.41, 5.74) is 5.69. The van der Waals surface area contributed by atoms with Crippen LogP contribution in [-0.4, -0.2) is 25.7 Å². The molecule has 0 spiro atoms. The standard InChI is InChI=1S/C11H18N2O3S/c1-11(2,14)8-13-17(15,16)7-9-3-5-10(12)6-4-9/h3-6,13-14H,7-8,12H2,1-2H3. The fourth-order valence-electron chi connectivity index (χ4n) is 1.17. The highest BCUT2D eigenvalue weighted by Gasteiger charge is 2.18. The van der Waals surface area contributed by atoms with E-state index < -0.39 is 15.6 Å². The fourth-order valence-corrected chi connectivity index (χ4v) is 2.48.